The second-order valence-corrected chi connectivity index (χ2v) is 9.08. The van der Waals surface area contributed by atoms with Crippen molar-refractivity contribution in [2.75, 3.05) is 13.2 Å². The van der Waals surface area contributed by atoms with Crippen molar-refractivity contribution >= 4 is 8.38 Å². The third-order valence-electron chi connectivity index (χ3n) is 5.08. The van der Waals surface area contributed by atoms with Crippen molar-refractivity contribution in [2.45, 2.75) is 58.2 Å². The highest BCUT2D eigenvalue weighted by atomic mass is 31.2. The molecule has 3 rings (SSSR count). The molecule has 0 aliphatic heterocycles. The fraction of sp³-hybridized carbons (Fsp3) is 0.478. The number of benzene rings is 1. The molecule has 2 aromatic rings. The zero-order chi connectivity index (χ0) is 20.8. The van der Waals surface area contributed by atoms with E-state index in [4.69, 9.17) is 13.8 Å². The minimum Gasteiger partial charge on any atom is -0.489 e. The van der Waals surface area contributed by atoms with Gasteiger partial charge in [0.1, 0.15) is 11.6 Å². The molecule has 0 N–H and O–H groups in total. The van der Waals surface area contributed by atoms with E-state index in [1.54, 1.807) is 6.07 Å². The van der Waals surface area contributed by atoms with E-state index in [2.05, 4.69) is 11.9 Å². The number of halogens is 1. The van der Waals surface area contributed by atoms with Crippen LogP contribution in [0.4, 0.5) is 4.39 Å². The molecule has 0 amide bonds. The Hall–Kier alpha value is -1.55. The molecule has 1 saturated carbocycles. The van der Waals surface area contributed by atoms with Gasteiger partial charge >= 0.3 is 0 Å². The minimum atomic E-state index is -0.863. The van der Waals surface area contributed by atoms with Gasteiger partial charge in [0.05, 0.1) is 30.7 Å². The van der Waals surface area contributed by atoms with Crippen LogP contribution in [0.3, 0.4) is 0 Å². The molecule has 2 atom stereocenters. The lowest BCUT2D eigenvalue weighted by atomic mass is 9.97. The van der Waals surface area contributed by atoms with Gasteiger partial charge in [-0.25, -0.2) is 9.37 Å². The Morgan fingerprint density at radius 2 is 1.90 bits per heavy atom. The van der Waals surface area contributed by atoms with Crippen LogP contribution < -0.4 is 4.74 Å². The van der Waals surface area contributed by atoms with Crippen molar-refractivity contribution in [1.29, 1.82) is 0 Å². The van der Waals surface area contributed by atoms with Crippen LogP contribution in [0.25, 0.3) is 11.3 Å². The molecule has 1 aliphatic rings. The molecule has 0 saturated heterocycles. The molecule has 1 aliphatic carbocycles. The molecule has 1 heterocycles. The smallest absolute Gasteiger partial charge is 0.173 e. The molecule has 0 spiro atoms. The maximum atomic E-state index is 13.4. The van der Waals surface area contributed by atoms with E-state index in [1.165, 1.54) is 12.1 Å². The Morgan fingerprint density at radius 3 is 2.55 bits per heavy atom. The predicted octanol–water partition coefficient (Wildman–Crippen LogP) is 6.45. The van der Waals surface area contributed by atoms with Crippen molar-refractivity contribution < 1.29 is 18.2 Å². The van der Waals surface area contributed by atoms with Gasteiger partial charge in [-0.3, -0.25) is 0 Å². The molecule has 29 heavy (non-hydrogen) atoms. The van der Waals surface area contributed by atoms with Crippen LogP contribution in [0.15, 0.2) is 30.3 Å². The Morgan fingerprint density at radius 1 is 1.14 bits per heavy atom. The Balaban J connectivity index is 1.70. The number of hydrogen-bond acceptors (Lipinski definition) is 4. The number of aryl methyl sites for hydroxylation is 1. The van der Waals surface area contributed by atoms with Crippen LogP contribution in [0.1, 0.15) is 50.8 Å². The van der Waals surface area contributed by atoms with E-state index in [1.807, 2.05) is 32.9 Å². The van der Waals surface area contributed by atoms with Gasteiger partial charge in [0.15, 0.2) is 8.38 Å². The van der Waals surface area contributed by atoms with E-state index >= 15 is 0 Å². The molecule has 157 valence electrons. The van der Waals surface area contributed by atoms with Gasteiger partial charge in [-0.1, -0.05) is 0 Å². The van der Waals surface area contributed by atoms with Gasteiger partial charge < -0.3 is 13.8 Å². The Labute approximate surface area is 174 Å². The lowest BCUT2D eigenvalue weighted by Crippen LogP contribution is -2.28. The molecular formula is C23H30FNO3P. The summed E-state index contributed by atoms with van der Waals surface area (Å²) in [4.78, 5) is 4.68. The minimum absolute atomic E-state index is 0.139. The predicted molar refractivity (Wildman–Crippen MR) is 116 cm³/mol. The molecule has 1 aromatic heterocycles. The van der Waals surface area contributed by atoms with Gasteiger partial charge in [0.2, 0.25) is 0 Å². The Kier molecular flexibility index (Phi) is 7.99. The zero-order valence-corrected chi connectivity index (χ0v) is 18.4. The van der Waals surface area contributed by atoms with Gasteiger partial charge in [-0.15, -0.1) is 0 Å². The van der Waals surface area contributed by atoms with Crippen LogP contribution in [0, 0.1) is 19.7 Å². The molecule has 1 aromatic carbocycles. The first-order valence-electron chi connectivity index (χ1n) is 10.3. The van der Waals surface area contributed by atoms with Gasteiger partial charge in [-0.05, 0) is 89.3 Å². The van der Waals surface area contributed by atoms with Crippen molar-refractivity contribution in [3.8, 4) is 17.0 Å². The number of hydrogen-bond donors (Lipinski definition) is 0. The van der Waals surface area contributed by atoms with Crippen LogP contribution >= 0.6 is 8.38 Å². The van der Waals surface area contributed by atoms with Gasteiger partial charge in [-0.2, -0.15) is 0 Å². The molecule has 1 fully saturated rings. The van der Waals surface area contributed by atoms with E-state index in [0.29, 0.717) is 24.4 Å². The first kappa shape index (κ1) is 22.1. The lowest BCUT2D eigenvalue weighted by Gasteiger charge is -2.33. The summed E-state index contributed by atoms with van der Waals surface area (Å²) in [6, 6.07) is 8.45. The van der Waals surface area contributed by atoms with Gasteiger partial charge in [0, 0.05) is 11.2 Å². The summed E-state index contributed by atoms with van der Waals surface area (Å²) in [6.45, 7) is 11.2. The summed E-state index contributed by atoms with van der Waals surface area (Å²) in [5.41, 5.74) is 3.46. The zero-order valence-electron chi connectivity index (χ0n) is 17.5. The van der Waals surface area contributed by atoms with Crippen LogP contribution in [-0.2, 0) is 9.05 Å². The third-order valence-corrected chi connectivity index (χ3v) is 7.17. The third kappa shape index (κ3) is 5.75. The van der Waals surface area contributed by atoms with Crippen molar-refractivity contribution in [1.82, 2.24) is 4.98 Å². The lowest BCUT2D eigenvalue weighted by molar-refractivity contribution is 0.147. The summed E-state index contributed by atoms with van der Waals surface area (Å²) in [6.07, 6.45) is 4.34. The Bertz CT molecular complexity index is 811. The second-order valence-electron chi connectivity index (χ2n) is 7.26. The number of ether oxygens (including phenoxy) is 1. The summed E-state index contributed by atoms with van der Waals surface area (Å²) >= 11 is 0. The molecular weight excluding hydrogens is 388 g/mol. The summed E-state index contributed by atoms with van der Waals surface area (Å²) in [5.74, 6) is 0.505. The monoisotopic (exact) mass is 418 g/mol. The average molecular weight is 418 g/mol. The quantitative estimate of drug-likeness (QED) is 0.462. The second kappa shape index (κ2) is 10.5. The topological polar surface area (TPSA) is 40.6 Å². The van der Waals surface area contributed by atoms with Gasteiger partial charge in [0.25, 0.3) is 0 Å². The normalized spacial score (nSPS) is 19.5. The standard InChI is InChI=1S/C23H30FNO3P/c1-5-26-29(27-6-2)20-9-7-8-19(15-20)28-23-13-12-22(25-17(23)4)21-11-10-18(24)14-16(21)3/h10-14,19-20H,3,5-9,15H2,1-2,4H3. The van der Waals surface area contributed by atoms with E-state index in [9.17, 15) is 4.39 Å². The molecule has 0 bridgehead atoms. The summed E-state index contributed by atoms with van der Waals surface area (Å²) in [5, 5.41) is 0. The van der Waals surface area contributed by atoms with Crippen molar-refractivity contribution in [2.24, 2.45) is 0 Å². The summed E-state index contributed by atoms with van der Waals surface area (Å²) < 4.78 is 31.4. The van der Waals surface area contributed by atoms with E-state index < -0.39 is 8.38 Å². The first-order chi connectivity index (χ1) is 14.0. The molecule has 1 radical (unpaired) electrons. The number of pyridine rings is 1. The molecule has 4 nitrogen and oxygen atoms in total. The van der Waals surface area contributed by atoms with Crippen molar-refractivity contribution in [3.63, 3.8) is 0 Å². The van der Waals surface area contributed by atoms with Crippen molar-refractivity contribution in [3.05, 3.63) is 54.3 Å². The van der Waals surface area contributed by atoms with Crippen LogP contribution in [0.5, 0.6) is 5.75 Å². The number of rotatable bonds is 8. The van der Waals surface area contributed by atoms with Crippen LogP contribution in [0.2, 0.25) is 0 Å². The van der Waals surface area contributed by atoms with E-state index in [0.717, 1.165) is 48.4 Å². The first-order valence-corrected chi connectivity index (χ1v) is 11.6. The number of nitrogens with zero attached hydrogens (tertiary/aromatic N) is 1. The fourth-order valence-corrected chi connectivity index (χ4v) is 5.54. The summed E-state index contributed by atoms with van der Waals surface area (Å²) in [7, 11) is -0.863. The van der Waals surface area contributed by atoms with E-state index in [-0.39, 0.29) is 11.9 Å². The van der Waals surface area contributed by atoms with Crippen LogP contribution in [-0.4, -0.2) is 30.0 Å². The highest BCUT2D eigenvalue weighted by Crippen LogP contribution is 2.50. The highest BCUT2D eigenvalue weighted by Gasteiger charge is 2.31. The largest absolute Gasteiger partial charge is 0.489 e. The average Bonchev–Trinajstić information content (AvgIpc) is 2.70. The SMILES string of the molecule is [CH2]c1cc(F)ccc1-c1ccc(OC2CCCC(P(OCC)OCC)C2)c(C)n1. The highest BCUT2D eigenvalue weighted by molar-refractivity contribution is 7.48. The molecule has 6 heteroatoms. The maximum Gasteiger partial charge on any atom is 0.173 e. The molecule has 2 unspecified atom stereocenters. The maximum absolute atomic E-state index is 13.4. The fourth-order valence-electron chi connectivity index (χ4n) is 3.74. The number of aromatic nitrogens is 1.